The lowest BCUT2D eigenvalue weighted by atomic mass is 9.77. The first-order valence-electron chi connectivity index (χ1n) is 7.20. The van der Waals surface area contributed by atoms with Crippen molar-refractivity contribution in [3.8, 4) is 0 Å². The molecule has 5 nitrogen and oxygen atoms in total. The van der Waals surface area contributed by atoms with Crippen LogP contribution in [0.1, 0.15) is 33.6 Å². The van der Waals surface area contributed by atoms with Crippen molar-refractivity contribution in [2.75, 3.05) is 13.2 Å². The van der Waals surface area contributed by atoms with E-state index in [0.29, 0.717) is 18.4 Å². The van der Waals surface area contributed by atoms with Crippen LogP contribution in [0.2, 0.25) is 0 Å². The van der Waals surface area contributed by atoms with Gasteiger partial charge in [0.25, 0.3) is 0 Å². The van der Waals surface area contributed by atoms with Crippen molar-refractivity contribution >= 4 is 17.7 Å². The molecule has 2 rings (SSSR count). The van der Waals surface area contributed by atoms with Crippen LogP contribution in [-0.4, -0.2) is 30.9 Å². The van der Waals surface area contributed by atoms with Crippen LogP contribution in [0.4, 0.5) is 0 Å². The zero-order chi connectivity index (χ0) is 15.6. The van der Waals surface area contributed by atoms with Crippen molar-refractivity contribution in [1.82, 2.24) is 0 Å². The third-order valence-electron chi connectivity index (χ3n) is 4.27. The molecule has 0 aromatic rings. The maximum Gasteiger partial charge on any atom is 0.338 e. The van der Waals surface area contributed by atoms with Crippen LogP contribution in [0.3, 0.4) is 0 Å². The van der Waals surface area contributed by atoms with Crippen LogP contribution in [-0.2, 0) is 23.9 Å². The summed E-state index contributed by atoms with van der Waals surface area (Å²) in [5.41, 5.74) is -0.0504. The van der Waals surface area contributed by atoms with Crippen molar-refractivity contribution in [1.29, 1.82) is 0 Å². The van der Waals surface area contributed by atoms with Gasteiger partial charge in [-0.05, 0) is 31.8 Å². The van der Waals surface area contributed by atoms with Gasteiger partial charge >= 0.3 is 11.9 Å². The molecule has 0 aromatic heterocycles. The Labute approximate surface area is 124 Å². The third-order valence-corrected chi connectivity index (χ3v) is 4.27. The van der Waals surface area contributed by atoms with Crippen LogP contribution in [0.5, 0.6) is 0 Å². The molecule has 0 radical (unpaired) electrons. The molecule has 5 heteroatoms. The molecule has 0 saturated heterocycles. The minimum absolute atomic E-state index is 0.140. The maximum atomic E-state index is 12.3. The number of cyclic esters (lactones) is 1. The molecule has 1 heterocycles. The molecule has 1 aliphatic heterocycles. The van der Waals surface area contributed by atoms with Crippen molar-refractivity contribution in [3.05, 3.63) is 23.3 Å². The number of esters is 2. The summed E-state index contributed by atoms with van der Waals surface area (Å²) >= 11 is 0. The van der Waals surface area contributed by atoms with E-state index < -0.39 is 17.4 Å². The average molecular weight is 292 g/mol. The third kappa shape index (κ3) is 2.52. The highest BCUT2D eigenvalue weighted by molar-refractivity contribution is 6.08. The standard InChI is InChI=1S/C16H20O5/c1-4-20-15(19)16(11(3)5-6-13(16)17)8-7-12-10(2)9-21-14(12)18/h7-8,11H,4-6,9H2,1-3H3/b8-7+/t11-,16-/m1/s1. The lowest BCUT2D eigenvalue weighted by Gasteiger charge is -2.26. The molecule has 0 amide bonds. The fourth-order valence-electron chi connectivity index (χ4n) is 2.88. The fraction of sp³-hybridized carbons (Fsp3) is 0.562. The molecular weight excluding hydrogens is 272 g/mol. The molecule has 21 heavy (non-hydrogen) atoms. The van der Waals surface area contributed by atoms with Gasteiger partial charge in [-0.3, -0.25) is 9.59 Å². The van der Waals surface area contributed by atoms with Gasteiger partial charge in [-0.25, -0.2) is 4.79 Å². The lowest BCUT2D eigenvalue weighted by Crippen LogP contribution is -2.39. The summed E-state index contributed by atoms with van der Waals surface area (Å²) in [6, 6.07) is 0. The second-order valence-electron chi connectivity index (χ2n) is 5.56. The average Bonchev–Trinajstić information content (AvgIpc) is 2.91. The molecule has 0 spiro atoms. The Bertz CT molecular complexity index is 543. The minimum atomic E-state index is -1.27. The summed E-state index contributed by atoms with van der Waals surface area (Å²) in [6.45, 7) is 5.84. The fourth-order valence-corrected chi connectivity index (χ4v) is 2.88. The summed E-state index contributed by atoms with van der Waals surface area (Å²) in [7, 11) is 0. The highest BCUT2D eigenvalue weighted by Gasteiger charge is 2.53. The first-order chi connectivity index (χ1) is 9.93. The van der Waals surface area contributed by atoms with Gasteiger partial charge in [-0.15, -0.1) is 0 Å². The first-order valence-corrected chi connectivity index (χ1v) is 7.20. The number of carbonyl (C=O) groups excluding carboxylic acids is 3. The number of ether oxygens (including phenoxy) is 2. The highest BCUT2D eigenvalue weighted by Crippen LogP contribution is 2.43. The van der Waals surface area contributed by atoms with Gasteiger partial charge in [0, 0.05) is 6.42 Å². The molecule has 114 valence electrons. The number of rotatable bonds is 4. The predicted octanol–water partition coefficient (Wildman–Crippen LogP) is 1.96. The second kappa shape index (κ2) is 5.84. The summed E-state index contributed by atoms with van der Waals surface area (Å²) in [6.07, 6.45) is 4.08. The van der Waals surface area contributed by atoms with Gasteiger partial charge in [0.2, 0.25) is 0 Å². The predicted molar refractivity (Wildman–Crippen MR) is 75.3 cm³/mol. The Morgan fingerprint density at radius 1 is 1.48 bits per heavy atom. The number of Topliss-reactive ketones (excluding diaryl/α,β-unsaturated/α-hetero) is 1. The Hall–Kier alpha value is -1.91. The van der Waals surface area contributed by atoms with Crippen molar-refractivity contribution < 1.29 is 23.9 Å². The molecule has 0 N–H and O–H groups in total. The first kappa shape index (κ1) is 15.5. The van der Waals surface area contributed by atoms with Gasteiger partial charge in [0.1, 0.15) is 12.0 Å². The minimum Gasteiger partial charge on any atom is -0.465 e. The van der Waals surface area contributed by atoms with E-state index in [9.17, 15) is 14.4 Å². The van der Waals surface area contributed by atoms with Crippen LogP contribution in [0, 0.1) is 11.3 Å². The van der Waals surface area contributed by atoms with Crippen LogP contribution < -0.4 is 0 Å². The van der Waals surface area contributed by atoms with Crippen molar-refractivity contribution in [3.63, 3.8) is 0 Å². The van der Waals surface area contributed by atoms with E-state index in [-0.39, 0.29) is 24.9 Å². The Morgan fingerprint density at radius 2 is 2.19 bits per heavy atom. The van der Waals surface area contributed by atoms with E-state index in [4.69, 9.17) is 9.47 Å². The zero-order valence-electron chi connectivity index (χ0n) is 12.6. The molecule has 2 aliphatic rings. The quantitative estimate of drug-likeness (QED) is 0.585. The second-order valence-corrected chi connectivity index (χ2v) is 5.56. The molecule has 0 bridgehead atoms. The smallest absolute Gasteiger partial charge is 0.338 e. The van der Waals surface area contributed by atoms with Gasteiger partial charge in [0.05, 0.1) is 12.2 Å². The van der Waals surface area contributed by atoms with Gasteiger partial charge < -0.3 is 9.47 Å². The Kier molecular flexibility index (Phi) is 4.30. The number of ketones is 1. The molecule has 0 aromatic carbocycles. The maximum absolute atomic E-state index is 12.3. The van der Waals surface area contributed by atoms with Crippen molar-refractivity contribution in [2.45, 2.75) is 33.6 Å². The number of carbonyl (C=O) groups is 3. The molecule has 0 unspecified atom stereocenters. The number of hydrogen-bond donors (Lipinski definition) is 0. The molecular formula is C16H20O5. The van der Waals surface area contributed by atoms with E-state index in [1.165, 1.54) is 6.08 Å². The molecule has 2 atom stereocenters. The van der Waals surface area contributed by atoms with E-state index in [1.807, 2.05) is 6.92 Å². The number of hydrogen-bond acceptors (Lipinski definition) is 5. The SMILES string of the molecule is CCOC(=O)[C@@]1(/C=C/C2=C(C)COC2=O)C(=O)CC[C@H]1C. The summed E-state index contributed by atoms with van der Waals surface area (Å²) < 4.78 is 10.0. The van der Waals surface area contributed by atoms with Gasteiger partial charge in [-0.1, -0.05) is 19.1 Å². The van der Waals surface area contributed by atoms with Gasteiger partial charge in [0.15, 0.2) is 5.78 Å². The Balaban J connectivity index is 2.38. The Morgan fingerprint density at radius 3 is 2.67 bits per heavy atom. The van der Waals surface area contributed by atoms with Crippen LogP contribution in [0.15, 0.2) is 23.3 Å². The summed E-state index contributed by atoms with van der Waals surface area (Å²) in [5, 5.41) is 0. The van der Waals surface area contributed by atoms with E-state index in [2.05, 4.69) is 0 Å². The van der Waals surface area contributed by atoms with Gasteiger partial charge in [-0.2, -0.15) is 0 Å². The summed E-state index contributed by atoms with van der Waals surface area (Å²) in [5.74, 6) is -1.23. The molecule has 1 aliphatic carbocycles. The highest BCUT2D eigenvalue weighted by atomic mass is 16.5. The zero-order valence-corrected chi connectivity index (χ0v) is 12.6. The van der Waals surface area contributed by atoms with E-state index in [0.717, 1.165) is 5.57 Å². The van der Waals surface area contributed by atoms with Crippen molar-refractivity contribution in [2.24, 2.45) is 11.3 Å². The van der Waals surface area contributed by atoms with Crippen LogP contribution in [0.25, 0.3) is 0 Å². The molecule has 1 fully saturated rings. The van der Waals surface area contributed by atoms with Crippen LogP contribution >= 0.6 is 0 Å². The largest absolute Gasteiger partial charge is 0.465 e. The lowest BCUT2D eigenvalue weighted by molar-refractivity contribution is -0.157. The summed E-state index contributed by atoms with van der Waals surface area (Å²) in [4.78, 5) is 36.3. The van der Waals surface area contributed by atoms with E-state index in [1.54, 1.807) is 19.9 Å². The van der Waals surface area contributed by atoms with E-state index >= 15 is 0 Å². The topological polar surface area (TPSA) is 69.7 Å². The monoisotopic (exact) mass is 292 g/mol. The molecule has 1 saturated carbocycles. The normalized spacial score (nSPS) is 29.4.